The second-order valence-corrected chi connectivity index (χ2v) is 5.94. The first-order chi connectivity index (χ1) is 9.81. The Labute approximate surface area is 120 Å². The van der Waals surface area contributed by atoms with Gasteiger partial charge in [-0.1, -0.05) is 6.42 Å². The van der Waals surface area contributed by atoms with Gasteiger partial charge in [-0.05, 0) is 43.6 Å². The van der Waals surface area contributed by atoms with Gasteiger partial charge >= 0.3 is 0 Å². The summed E-state index contributed by atoms with van der Waals surface area (Å²) in [6, 6.07) is 0. The zero-order valence-corrected chi connectivity index (χ0v) is 12.3. The van der Waals surface area contributed by atoms with Crippen LogP contribution in [0.15, 0.2) is 6.33 Å². The summed E-state index contributed by atoms with van der Waals surface area (Å²) in [4.78, 5) is 8.28. The average molecular weight is 277 g/mol. The Bertz CT molecular complexity index is 444. The number of nitrogens with zero attached hydrogens (tertiary/aromatic N) is 2. The maximum Gasteiger partial charge on any atom is 0.224 e. The SMILES string of the molecule is COc1ncnc(OC)c1CNCC1CC2CCC1C2. The molecule has 0 radical (unpaired) electrons. The third-order valence-corrected chi connectivity index (χ3v) is 4.85. The predicted octanol–water partition coefficient (Wildman–Crippen LogP) is 2.02. The highest BCUT2D eigenvalue weighted by atomic mass is 16.5. The number of hydrogen-bond donors (Lipinski definition) is 1. The molecule has 0 spiro atoms. The molecule has 2 aliphatic rings. The van der Waals surface area contributed by atoms with E-state index >= 15 is 0 Å². The van der Waals surface area contributed by atoms with Gasteiger partial charge in [0.05, 0.1) is 19.8 Å². The van der Waals surface area contributed by atoms with E-state index in [9.17, 15) is 0 Å². The van der Waals surface area contributed by atoms with Crippen molar-refractivity contribution in [2.75, 3.05) is 20.8 Å². The Hall–Kier alpha value is -1.36. The van der Waals surface area contributed by atoms with Crippen LogP contribution in [0, 0.1) is 17.8 Å². The summed E-state index contributed by atoms with van der Waals surface area (Å²) in [5.74, 6) is 3.98. The van der Waals surface area contributed by atoms with Crippen molar-refractivity contribution in [1.82, 2.24) is 15.3 Å². The van der Waals surface area contributed by atoms with E-state index in [1.807, 2.05) is 0 Å². The fourth-order valence-corrected chi connectivity index (χ4v) is 3.89. The Balaban J connectivity index is 1.58. The van der Waals surface area contributed by atoms with Gasteiger partial charge in [-0.25, -0.2) is 9.97 Å². The minimum atomic E-state index is 0.595. The van der Waals surface area contributed by atoms with Crippen LogP contribution in [0.1, 0.15) is 31.2 Å². The van der Waals surface area contributed by atoms with Crippen molar-refractivity contribution in [3.05, 3.63) is 11.9 Å². The molecule has 0 saturated heterocycles. The number of rotatable bonds is 6. The lowest BCUT2D eigenvalue weighted by molar-refractivity contribution is 0.314. The first-order valence-corrected chi connectivity index (χ1v) is 7.44. The van der Waals surface area contributed by atoms with Gasteiger partial charge in [0.15, 0.2) is 0 Å². The molecule has 110 valence electrons. The number of methoxy groups -OCH3 is 2. The van der Waals surface area contributed by atoms with Gasteiger partial charge in [0.2, 0.25) is 11.8 Å². The van der Waals surface area contributed by atoms with Crippen LogP contribution >= 0.6 is 0 Å². The van der Waals surface area contributed by atoms with Crippen LogP contribution in [0.2, 0.25) is 0 Å². The fourth-order valence-electron chi connectivity index (χ4n) is 3.89. The molecule has 0 aliphatic heterocycles. The fraction of sp³-hybridized carbons (Fsp3) is 0.733. The summed E-state index contributed by atoms with van der Waals surface area (Å²) in [6.45, 7) is 1.77. The van der Waals surface area contributed by atoms with Crippen LogP contribution in [-0.2, 0) is 6.54 Å². The third-order valence-electron chi connectivity index (χ3n) is 4.85. The van der Waals surface area contributed by atoms with Crippen molar-refractivity contribution in [3.8, 4) is 11.8 Å². The van der Waals surface area contributed by atoms with Crippen LogP contribution in [0.5, 0.6) is 11.8 Å². The third kappa shape index (κ3) is 2.59. The molecule has 3 atom stereocenters. The smallest absolute Gasteiger partial charge is 0.224 e. The van der Waals surface area contributed by atoms with E-state index in [1.165, 1.54) is 32.0 Å². The molecular weight excluding hydrogens is 254 g/mol. The summed E-state index contributed by atoms with van der Waals surface area (Å²) < 4.78 is 10.6. The number of aromatic nitrogens is 2. The lowest BCUT2D eigenvalue weighted by Crippen LogP contribution is -2.26. The van der Waals surface area contributed by atoms with Gasteiger partial charge in [0, 0.05) is 6.54 Å². The second-order valence-electron chi connectivity index (χ2n) is 5.94. The molecule has 1 aromatic rings. The van der Waals surface area contributed by atoms with Crippen LogP contribution in [0.3, 0.4) is 0 Å². The van der Waals surface area contributed by atoms with Crippen molar-refractivity contribution in [2.24, 2.45) is 17.8 Å². The van der Waals surface area contributed by atoms with Crippen molar-refractivity contribution >= 4 is 0 Å². The highest BCUT2D eigenvalue weighted by molar-refractivity contribution is 5.34. The van der Waals surface area contributed by atoms with Gasteiger partial charge in [-0.15, -0.1) is 0 Å². The lowest BCUT2D eigenvalue weighted by atomic mass is 9.89. The molecule has 2 bridgehead atoms. The highest BCUT2D eigenvalue weighted by Gasteiger charge is 2.38. The zero-order chi connectivity index (χ0) is 13.9. The first-order valence-electron chi connectivity index (χ1n) is 7.44. The lowest BCUT2D eigenvalue weighted by Gasteiger charge is -2.22. The molecular formula is C15H23N3O2. The van der Waals surface area contributed by atoms with Crippen LogP contribution < -0.4 is 14.8 Å². The Kier molecular flexibility index (Phi) is 4.05. The quantitative estimate of drug-likeness (QED) is 0.862. The average Bonchev–Trinajstić information content (AvgIpc) is 3.10. The number of hydrogen-bond acceptors (Lipinski definition) is 5. The molecule has 20 heavy (non-hydrogen) atoms. The minimum Gasteiger partial charge on any atom is -0.481 e. The van der Waals surface area contributed by atoms with E-state index < -0.39 is 0 Å². The monoisotopic (exact) mass is 277 g/mol. The molecule has 5 heteroatoms. The van der Waals surface area contributed by atoms with E-state index in [0.717, 1.165) is 29.9 Å². The summed E-state index contributed by atoms with van der Waals surface area (Å²) in [7, 11) is 3.25. The Morgan fingerprint density at radius 1 is 1.15 bits per heavy atom. The van der Waals surface area contributed by atoms with Gasteiger partial charge < -0.3 is 14.8 Å². The topological polar surface area (TPSA) is 56.3 Å². The van der Waals surface area contributed by atoms with Crippen molar-refractivity contribution in [1.29, 1.82) is 0 Å². The minimum absolute atomic E-state index is 0.595. The molecule has 2 aliphatic carbocycles. The molecule has 3 rings (SSSR count). The molecule has 1 heterocycles. The summed E-state index contributed by atoms with van der Waals surface area (Å²) in [5.41, 5.74) is 0.903. The first kappa shape index (κ1) is 13.6. The number of ether oxygens (including phenoxy) is 2. The Morgan fingerprint density at radius 3 is 2.45 bits per heavy atom. The van der Waals surface area contributed by atoms with E-state index in [-0.39, 0.29) is 0 Å². The second kappa shape index (κ2) is 5.95. The van der Waals surface area contributed by atoms with Crippen molar-refractivity contribution in [3.63, 3.8) is 0 Å². The molecule has 2 saturated carbocycles. The maximum absolute atomic E-state index is 5.29. The van der Waals surface area contributed by atoms with Crippen LogP contribution in [0.25, 0.3) is 0 Å². The highest BCUT2D eigenvalue weighted by Crippen LogP contribution is 2.47. The van der Waals surface area contributed by atoms with Crippen LogP contribution in [-0.4, -0.2) is 30.7 Å². The molecule has 0 amide bonds. The molecule has 5 nitrogen and oxygen atoms in total. The van der Waals surface area contributed by atoms with E-state index in [0.29, 0.717) is 18.3 Å². The van der Waals surface area contributed by atoms with Gasteiger partial charge in [-0.2, -0.15) is 0 Å². The summed E-state index contributed by atoms with van der Waals surface area (Å²) >= 11 is 0. The normalized spacial score (nSPS) is 27.8. The van der Waals surface area contributed by atoms with E-state index in [1.54, 1.807) is 14.2 Å². The molecule has 2 fully saturated rings. The molecule has 1 aromatic heterocycles. The number of nitrogens with one attached hydrogen (secondary N) is 1. The van der Waals surface area contributed by atoms with Gasteiger partial charge in [0.25, 0.3) is 0 Å². The van der Waals surface area contributed by atoms with Gasteiger partial charge in [0.1, 0.15) is 6.33 Å². The van der Waals surface area contributed by atoms with Crippen molar-refractivity contribution < 1.29 is 9.47 Å². The molecule has 0 aromatic carbocycles. The predicted molar refractivity (Wildman–Crippen MR) is 75.8 cm³/mol. The summed E-state index contributed by atoms with van der Waals surface area (Å²) in [5, 5.41) is 3.54. The molecule has 1 N–H and O–H groups in total. The van der Waals surface area contributed by atoms with Gasteiger partial charge in [-0.3, -0.25) is 0 Å². The number of fused-ring (bicyclic) bond motifs is 2. The Morgan fingerprint density at radius 2 is 1.90 bits per heavy atom. The van der Waals surface area contributed by atoms with E-state index in [4.69, 9.17) is 9.47 Å². The largest absolute Gasteiger partial charge is 0.481 e. The van der Waals surface area contributed by atoms with Crippen LogP contribution in [0.4, 0.5) is 0 Å². The zero-order valence-electron chi connectivity index (χ0n) is 12.3. The van der Waals surface area contributed by atoms with Crippen molar-refractivity contribution in [2.45, 2.75) is 32.2 Å². The molecule has 3 unspecified atom stereocenters. The standard InChI is InChI=1S/C15H23N3O2/c1-19-14-13(15(20-2)18-9-17-14)8-16-7-12-6-10-3-4-11(12)5-10/h9-12,16H,3-8H2,1-2H3. The van der Waals surface area contributed by atoms with E-state index in [2.05, 4.69) is 15.3 Å². The maximum atomic E-state index is 5.29. The summed E-state index contributed by atoms with van der Waals surface area (Å²) in [6.07, 6.45) is 7.20.